The lowest BCUT2D eigenvalue weighted by Gasteiger charge is -2.36. The van der Waals surface area contributed by atoms with E-state index in [2.05, 4.69) is 0 Å². The Morgan fingerprint density at radius 3 is 2.46 bits per heavy atom. The van der Waals surface area contributed by atoms with E-state index in [0.29, 0.717) is 31.3 Å². The fourth-order valence-electron chi connectivity index (χ4n) is 4.76. The summed E-state index contributed by atoms with van der Waals surface area (Å²) in [4.78, 5) is 29.8. The number of thioether (sulfide) groups is 1. The number of amides is 1. The van der Waals surface area contributed by atoms with Gasteiger partial charge in [-0.3, -0.25) is 9.59 Å². The van der Waals surface area contributed by atoms with Crippen molar-refractivity contribution >= 4 is 23.6 Å². The van der Waals surface area contributed by atoms with Crippen molar-refractivity contribution in [3.63, 3.8) is 0 Å². The molecule has 3 aromatic carbocycles. The Hall–Kier alpha value is -3.45. The number of likely N-dealkylation sites (tertiary alicyclic amines) is 1. The third-order valence-corrected chi connectivity index (χ3v) is 7.82. The van der Waals surface area contributed by atoms with Crippen molar-refractivity contribution in [1.82, 2.24) is 4.90 Å². The van der Waals surface area contributed by atoms with Gasteiger partial charge in [0.15, 0.2) is 16.2 Å². The highest BCUT2D eigenvalue weighted by atomic mass is 32.2. The number of esters is 1. The van der Waals surface area contributed by atoms with E-state index in [1.165, 1.54) is 18.9 Å². The summed E-state index contributed by atoms with van der Waals surface area (Å²) in [6.45, 7) is 3.34. The second-order valence-electron chi connectivity index (χ2n) is 8.79. The predicted octanol–water partition coefficient (Wildman–Crippen LogP) is 4.94. The van der Waals surface area contributed by atoms with Crippen molar-refractivity contribution in [2.75, 3.05) is 20.3 Å². The first kappa shape index (κ1) is 23.3. The van der Waals surface area contributed by atoms with E-state index in [0.717, 1.165) is 21.6 Å². The molecule has 3 aromatic rings. The summed E-state index contributed by atoms with van der Waals surface area (Å²) in [5.41, 5.74) is 2.92. The molecule has 180 valence electrons. The molecule has 2 aliphatic rings. The van der Waals surface area contributed by atoms with E-state index < -0.39 is 16.8 Å². The number of fused-ring (bicyclic) bond motifs is 1. The summed E-state index contributed by atoms with van der Waals surface area (Å²) >= 11 is 1.39. The van der Waals surface area contributed by atoms with Gasteiger partial charge in [-0.05, 0) is 42.3 Å². The number of carbonyl (C=O) groups excluding carboxylic acids is 2. The van der Waals surface area contributed by atoms with Crippen molar-refractivity contribution in [3.05, 3.63) is 89.5 Å². The fourth-order valence-corrected chi connectivity index (χ4v) is 6.19. The Morgan fingerprint density at radius 2 is 1.74 bits per heavy atom. The normalized spacial score (nSPS) is 21.1. The first-order valence-corrected chi connectivity index (χ1v) is 12.4. The molecule has 0 bridgehead atoms. The summed E-state index contributed by atoms with van der Waals surface area (Å²) < 4.78 is 15.7. The van der Waals surface area contributed by atoms with Gasteiger partial charge < -0.3 is 19.1 Å². The first-order valence-electron chi connectivity index (χ1n) is 11.6. The molecular formula is C28H27NO5S. The molecule has 6 nitrogen and oxygen atoms in total. The van der Waals surface area contributed by atoms with Crippen LogP contribution in [0.5, 0.6) is 11.5 Å². The molecular weight excluding hydrogens is 462 g/mol. The highest BCUT2D eigenvalue weighted by Crippen LogP contribution is 2.54. The second kappa shape index (κ2) is 9.66. The third-order valence-electron chi connectivity index (χ3n) is 6.42. The summed E-state index contributed by atoms with van der Waals surface area (Å²) in [6.07, 6.45) is 0.0319. The number of hydrogen-bond donors (Lipinski definition) is 0. The van der Waals surface area contributed by atoms with E-state index in [1.54, 1.807) is 4.90 Å². The molecule has 0 saturated carbocycles. The Kier molecular flexibility index (Phi) is 6.43. The number of carbonyl (C=O) groups is 2. The van der Waals surface area contributed by atoms with E-state index in [-0.39, 0.29) is 12.3 Å². The molecule has 0 aliphatic carbocycles. The van der Waals surface area contributed by atoms with Crippen molar-refractivity contribution in [2.24, 2.45) is 0 Å². The topological polar surface area (TPSA) is 65.1 Å². The van der Waals surface area contributed by atoms with Crippen molar-refractivity contribution in [1.29, 1.82) is 0 Å². The quantitative estimate of drug-likeness (QED) is 0.457. The third kappa shape index (κ3) is 4.48. The fraction of sp³-hybridized carbons (Fsp3) is 0.286. The Morgan fingerprint density at radius 1 is 1.03 bits per heavy atom. The average molecular weight is 490 g/mol. The van der Waals surface area contributed by atoms with Gasteiger partial charge in [0.25, 0.3) is 0 Å². The Balaban J connectivity index is 1.63. The SMILES string of the molecule is COC(=O)C1(Sc2ccc(C)cc2)CC(=O)N(Cc2ccccc2)C1c1ccc2c(c1)OCCO2. The van der Waals surface area contributed by atoms with Crippen LogP contribution in [-0.2, 0) is 20.9 Å². The number of nitrogens with zero attached hydrogens (tertiary/aromatic N) is 1. The maximum Gasteiger partial charge on any atom is 0.325 e. The monoisotopic (exact) mass is 489 g/mol. The minimum absolute atomic E-state index is 0.0319. The lowest BCUT2D eigenvalue weighted by Crippen LogP contribution is -2.42. The lowest BCUT2D eigenvalue weighted by atomic mass is 9.92. The van der Waals surface area contributed by atoms with Gasteiger partial charge in [0.05, 0.1) is 19.6 Å². The highest BCUT2D eigenvalue weighted by Gasteiger charge is 2.59. The van der Waals surface area contributed by atoms with Crippen molar-refractivity contribution in [2.45, 2.75) is 35.6 Å². The molecule has 0 spiro atoms. The van der Waals surface area contributed by atoms with Crippen LogP contribution in [0.1, 0.15) is 29.2 Å². The maximum atomic E-state index is 13.6. The Labute approximate surface area is 209 Å². The van der Waals surface area contributed by atoms with Crippen molar-refractivity contribution in [3.8, 4) is 11.5 Å². The summed E-state index contributed by atoms with van der Waals surface area (Å²) in [5, 5.41) is 0. The molecule has 1 fully saturated rings. The number of ether oxygens (including phenoxy) is 3. The number of rotatable bonds is 6. The minimum atomic E-state index is -1.17. The zero-order chi connectivity index (χ0) is 24.4. The van der Waals surface area contributed by atoms with Gasteiger partial charge >= 0.3 is 5.97 Å². The van der Waals surface area contributed by atoms with Gasteiger partial charge in [0.1, 0.15) is 13.2 Å². The van der Waals surface area contributed by atoms with Crippen molar-refractivity contribution < 1.29 is 23.8 Å². The first-order chi connectivity index (χ1) is 17.0. The zero-order valence-corrected chi connectivity index (χ0v) is 20.5. The van der Waals surface area contributed by atoms with E-state index in [9.17, 15) is 9.59 Å². The largest absolute Gasteiger partial charge is 0.486 e. The van der Waals surface area contributed by atoms with Crippen LogP contribution >= 0.6 is 11.8 Å². The van der Waals surface area contributed by atoms with E-state index in [4.69, 9.17) is 14.2 Å². The standard InChI is InChI=1S/C28H27NO5S/c1-19-8-11-22(12-9-19)35-28(27(31)32-2)17-25(30)29(18-20-6-4-3-5-7-20)26(28)21-10-13-23-24(16-21)34-15-14-33-23/h3-13,16,26H,14-15,17-18H2,1-2H3. The van der Waals surface area contributed by atoms with Gasteiger partial charge in [-0.25, -0.2) is 0 Å². The van der Waals surface area contributed by atoms with Crippen LogP contribution in [0.2, 0.25) is 0 Å². The number of benzene rings is 3. The molecule has 35 heavy (non-hydrogen) atoms. The minimum Gasteiger partial charge on any atom is -0.486 e. The zero-order valence-electron chi connectivity index (χ0n) is 19.7. The van der Waals surface area contributed by atoms with Gasteiger partial charge in [0.2, 0.25) is 5.91 Å². The van der Waals surface area contributed by atoms with Gasteiger partial charge in [-0.1, -0.05) is 54.1 Å². The lowest BCUT2D eigenvalue weighted by molar-refractivity contribution is -0.144. The molecule has 1 amide bonds. The second-order valence-corrected chi connectivity index (χ2v) is 10.2. The number of hydrogen-bond acceptors (Lipinski definition) is 6. The molecule has 2 aliphatic heterocycles. The van der Waals surface area contributed by atoms with Crippen LogP contribution in [0, 0.1) is 6.92 Å². The number of methoxy groups -OCH3 is 1. The molecule has 0 N–H and O–H groups in total. The number of aryl methyl sites for hydroxylation is 1. The molecule has 1 saturated heterocycles. The average Bonchev–Trinajstić information content (AvgIpc) is 3.16. The summed E-state index contributed by atoms with van der Waals surface area (Å²) in [6, 6.07) is 22.9. The van der Waals surface area contributed by atoms with E-state index in [1.807, 2.05) is 79.7 Å². The van der Waals surface area contributed by atoms with Gasteiger partial charge in [-0.2, -0.15) is 0 Å². The maximum absolute atomic E-state index is 13.6. The molecule has 7 heteroatoms. The molecule has 0 aromatic heterocycles. The van der Waals surface area contributed by atoms with Crippen LogP contribution in [0.15, 0.2) is 77.7 Å². The van der Waals surface area contributed by atoms with E-state index >= 15 is 0 Å². The smallest absolute Gasteiger partial charge is 0.325 e. The predicted molar refractivity (Wildman–Crippen MR) is 134 cm³/mol. The van der Waals surface area contributed by atoms with Gasteiger partial charge in [-0.15, -0.1) is 11.8 Å². The molecule has 0 radical (unpaired) electrons. The van der Waals surface area contributed by atoms with Crippen LogP contribution in [0.3, 0.4) is 0 Å². The van der Waals surface area contributed by atoms with Crippen LogP contribution in [0.25, 0.3) is 0 Å². The Bertz CT molecular complexity index is 1230. The van der Waals surface area contributed by atoms with Crippen LogP contribution < -0.4 is 9.47 Å². The molecule has 2 atom stereocenters. The van der Waals surface area contributed by atoms with Gasteiger partial charge in [0, 0.05) is 11.4 Å². The van der Waals surface area contributed by atoms with Crippen LogP contribution in [0.4, 0.5) is 0 Å². The molecule has 2 heterocycles. The highest BCUT2D eigenvalue weighted by molar-refractivity contribution is 8.01. The molecule has 2 unspecified atom stereocenters. The molecule has 5 rings (SSSR count). The van der Waals surface area contributed by atoms with Crippen LogP contribution in [-0.4, -0.2) is 41.8 Å². The summed E-state index contributed by atoms with van der Waals surface area (Å²) in [5.74, 6) is 0.756. The summed E-state index contributed by atoms with van der Waals surface area (Å²) in [7, 11) is 1.38.